The van der Waals surface area contributed by atoms with Gasteiger partial charge in [-0.05, 0) is 65.3 Å². The van der Waals surface area contributed by atoms with Gasteiger partial charge in [0, 0.05) is 36.2 Å². The molecular formula is C37H42N4O6S. The van der Waals surface area contributed by atoms with E-state index in [-0.39, 0.29) is 28.8 Å². The number of nitrogens with one attached hydrogen (secondary N) is 3. The Balaban J connectivity index is 1.52. The summed E-state index contributed by atoms with van der Waals surface area (Å²) in [5.41, 5.74) is 4.97. The van der Waals surface area contributed by atoms with Crippen molar-refractivity contribution in [3.63, 3.8) is 0 Å². The quantitative estimate of drug-likeness (QED) is 0.164. The van der Waals surface area contributed by atoms with Crippen LogP contribution in [0.25, 0.3) is 21.7 Å². The molecule has 3 unspecified atom stereocenters. The number of rotatable bonds is 12. The lowest BCUT2D eigenvalue weighted by molar-refractivity contribution is -0.123. The Bertz CT molecular complexity index is 1840. The maximum atomic E-state index is 13.9. The molecular weight excluding hydrogens is 628 g/mol. The summed E-state index contributed by atoms with van der Waals surface area (Å²) in [7, 11) is 4.68. The fourth-order valence-electron chi connectivity index (χ4n) is 6.18. The second-order valence-electron chi connectivity index (χ2n) is 11.9. The molecule has 5 rings (SSSR count). The number of ether oxygens (including phenoxy) is 3. The van der Waals surface area contributed by atoms with Crippen molar-refractivity contribution in [3.05, 3.63) is 87.0 Å². The number of carbonyl (C=O) groups is 2. The largest absolute Gasteiger partial charge is 0.493 e. The maximum Gasteiger partial charge on any atom is 0.243 e. The highest BCUT2D eigenvalue weighted by Crippen LogP contribution is 2.50. The number of hydrogen-bond acceptors (Lipinski definition) is 9. The number of carbonyl (C=O) groups excluding carboxylic acids is 2. The number of aromatic nitrogens is 1. The number of thiazole rings is 1. The molecule has 3 N–H and O–H groups in total. The highest BCUT2D eigenvalue weighted by Gasteiger charge is 2.30. The van der Waals surface area contributed by atoms with Crippen LogP contribution in [0, 0.1) is 5.92 Å². The van der Waals surface area contributed by atoms with Crippen LogP contribution in [0.15, 0.2) is 64.9 Å². The van der Waals surface area contributed by atoms with Crippen molar-refractivity contribution in [3.8, 4) is 38.9 Å². The second-order valence-corrected chi connectivity index (χ2v) is 12.8. The molecule has 0 bridgehead atoms. The van der Waals surface area contributed by atoms with Crippen LogP contribution in [0.5, 0.6) is 17.2 Å². The second kappa shape index (κ2) is 15.3. The van der Waals surface area contributed by atoms with Gasteiger partial charge in [-0.25, -0.2) is 4.98 Å². The van der Waals surface area contributed by atoms with Gasteiger partial charge in [0.2, 0.25) is 23.0 Å². The molecule has 3 aromatic carbocycles. The van der Waals surface area contributed by atoms with E-state index in [9.17, 15) is 14.4 Å². The molecule has 252 valence electrons. The minimum atomic E-state index is -0.677. The van der Waals surface area contributed by atoms with Gasteiger partial charge >= 0.3 is 0 Å². The summed E-state index contributed by atoms with van der Waals surface area (Å²) in [5, 5.41) is 12.2. The van der Waals surface area contributed by atoms with Crippen molar-refractivity contribution in [2.75, 3.05) is 26.6 Å². The first-order valence-electron chi connectivity index (χ1n) is 16.0. The lowest BCUT2D eigenvalue weighted by Crippen LogP contribution is -2.44. The van der Waals surface area contributed by atoms with Crippen molar-refractivity contribution in [2.45, 2.75) is 58.7 Å². The normalized spacial score (nSPS) is 14.8. The molecule has 10 nitrogen and oxygen atoms in total. The van der Waals surface area contributed by atoms with E-state index in [1.165, 1.54) is 6.92 Å². The lowest BCUT2D eigenvalue weighted by Gasteiger charge is -2.24. The Morgan fingerprint density at radius 3 is 2.50 bits per heavy atom. The zero-order valence-electron chi connectivity index (χ0n) is 28.1. The number of fused-ring (bicyclic) bond motifs is 3. The zero-order valence-corrected chi connectivity index (χ0v) is 29.0. The molecule has 0 radical (unpaired) electrons. The van der Waals surface area contributed by atoms with Crippen molar-refractivity contribution >= 4 is 28.8 Å². The fourth-order valence-corrected chi connectivity index (χ4v) is 6.81. The molecule has 1 aliphatic rings. The van der Waals surface area contributed by atoms with Crippen LogP contribution in [0.1, 0.15) is 56.3 Å². The third-order valence-electron chi connectivity index (χ3n) is 8.80. The molecule has 0 spiro atoms. The summed E-state index contributed by atoms with van der Waals surface area (Å²) in [6.45, 7) is 5.78. The molecule has 4 aromatic rings. The minimum Gasteiger partial charge on any atom is -0.493 e. The number of amides is 2. The monoisotopic (exact) mass is 670 g/mol. The molecule has 1 heterocycles. The highest BCUT2D eigenvalue weighted by atomic mass is 32.1. The first kappa shape index (κ1) is 34.4. The van der Waals surface area contributed by atoms with E-state index in [1.807, 2.05) is 55.6 Å². The molecule has 11 heteroatoms. The molecule has 0 fully saturated rings. The molecule has 1 aromatic heterocycles. The smallest absolute Gasteiger partial charge is 0.243 e. The van der Waals surface area contributed by atoms with Gasteiger partial charge in [-0.15, -0.1) is 11.3 Å². The third kappa shape index (κ3) is 7.31. The lowest BCUT2D eigenvalue weighted by atomic mass is 9.95. The number of aryl methyl sites for hydroxylation is 1. The van der Waals surface area contributed by atoms with Crippen molar-refractivity contribution in [2.24, 2.45) is 5.92 Å². The molecule has 48 heavy (non-hydrogen) atoms. The predicted octanol–water partition coefficient (Wildman–Crippen LogP) is 6.13. The topological polar surface area (TPSA) is 128 Å². The highest BCUT2D eigenvalue weighted by molar-refractivity contribution is 7.13. The van der Waals surface area contributed by atoms with E-state index >= 15 is 0 Å². The average molecular weight is 671 g/mol. The van der Waals surface area contributed by atoms with Gasteiger partial charge in [-0.1, -0.05) is 44.5 Å². The van der Waals surface area contributed by atoms with Gasteiger partial charge in [0.15, 0.2) is 11.5 Å². The van der Waals surface area contributed by atoms with Gasteiger partial charge in [0.05, 0.1) is 33.1 Å². The van der Waals surface area contributed by atoms with E-state index in [0.29, 0.717) is 54.2 Å². The van der Waals surface area contributed by atoms with Crippen molar-refractivity contribution < 1.29 is 23.8 Å². The van der Waals surface area contributed by atoms with E-state index in [1.54, 1.807) is 51.0 Å². The Labute approximate surface area is 284 Å². The summed E-state index contributed by atoms with van der Waals surface area (Å²) in [6, 6.07) is 13.8. The molecule has 0 saturated carbocycles. The van der Waals surface area contributed by atoms with Gasteiger partial charge < -0.3 is 30.2 Å². The number of anilines is 1. The van der Waals surface area contributed by atoms with Gasteiger partial charge in [0.1, 0.15) is 11.0 Å². The summed E-state index contributed by atoms with van der Waals surface area (Å²) in [5.74, 6) is 0.927. The SMILES string of the molecule is CCC(C)C(Nc1ccc2c(cc1=O)C(NC(C)=O)CCc1cc(OC)c(OC)c(OC)c1-2)C(=O)NCc1cccc(-c2nccs2)c1. The summed E-state index contributed by atoms with van der Waals surface area (Å²) in [6.07, 6.45) is 3.63. The van der Waals surface area contributed by atoms with Crippen LogP contribution in [-0.2, 0) is 22.6 Å². The Kier molecular flexibility index (Phi) is 11.0. The van der Waals surface area contributed by atoms with Gasteiger partial charge in [-0.2, -0.15) is 0 Å². The third-order valence-corrected chi connectivity index (χ3v) is 9.62. The van der Waals surface area contributed by atoms with E-state index in [2.05, 4.69) is 20.9 Å². The average Bonchev–Trinajstić information content (AvgIpc) is 3.54. The maximum absolute atomic E-state index is 13.9. The molecule has 3 atom stereocenters. The van der Waals surface area contributed by atoms with Crippen LogP contribution in [0.3, 0.4) is 0 Å². The molecule has 2 amide bonds. The van der Waals surface area contributed by atoms with Gasteiger partial charge in [-0.3, -0.25) is 14.4 Å². The molecule has 0 saturated heterocycles. The van der Waals surface area contributed by atoms with Crippen LogP contribution in [-0.4, -0.2) is 44.2 Å². The van der Waals surface area contributed by atoms with E-state index in [4.69, 9.17) is 14.2 Å². The predicted molar refractivity (Wildman–Crippen MR) is 189 cm³/mol. The first-order chi connectivity index (χ1) is 23.2. The number of benzene rings is 2. The van der Waals surface area contributed by atoms with Crippen LogP contribution in [0.4, 0.5) is 5.69 Å². The van der Waals surface area contributed by atoms with E-state index in [0.717, 1.165) is 27.3 Å². The summed E-state index contributed by atoms with van der Waals surface area (Å²) >= 11 is 1.56. The van der Waals surface area contributed by atoms with Crippen LogP contribution < -0.4 is 35.6 Å². The molecule has 0 aliphatic heterocycles. The summed E-state index contributed by atoms with van der Waals surface area (Å²) < 4.78 is 17.2. The summed E-state index contributed by atoms with van der Waals surface area (Å²) in [4.78, 5) is 44.3. The van der Waals surface area contributed by atoms with Crippen LogP contribution in [0.2, 0.25) is 0 Å². The number of hydrogen-bond donors (Lipinski definition) is 3. The van der Waals surface area contributed by atoms with E-state index < -0.39 is 12.1 Å². The van der Waals surface area contributed by atoms with Crippen molar-refractivity contribution in [1.82, 2.24) is 15.6 Å². The Morgan fingerprint density at radius 2 is 1.83 bits per heavy atom. The number of nitrogens with zero attached hydrogens (tertiary/aromatic N) is 1. The minimum absolute atomic E-state index is 0.0842. The van der Waals surface area contributed by atoms with Crippen molar-refractivity contribution in [1.29, 1.82) is 0 Å². The van der Waals surface area contributed by atoms with Gasteiger partial charge in [0.25, 0.3) is 0 Å². The number of methoxy groups -OCH3 is 3. The molecule has 1 aliphatic carbocycles. The standard InChI is InChI=1S/C37H42N4O6S/c1-7-21(2)33(36(44)39-20-23-9-8-10-25(17-23)37-38-15-16-48-37)41-29-14-12-26-27(19-30(29)43)28(40-22(3)42)13-11-24-18-31(45-4)34(46-5)35(47-6)32(24)26/h8-10,12,14-19,21,28,33H,7,11,13,20H2,1-6H3,(H,39,44)(H,40,42)(H,41,43). The Morgan fingerprint density at radius 1 is 1.04 bits per heavy atom. The fraction of sp³-hybridized carbons (Fsp3) is 0.351. The van der Waals surface area contributed by atoms with Crippen LogP contribution >= 0.6 is 11.3 Å². The first-order valence-corrected chi connectivity index (χ1v) is 16.9. The Hall–Kier alpha value is -4.90. The zero-order chi connectivity index (χ0) is 34.4.